The van der Waals surface area contributed by atoms with Gasteiger partial charge in [0.05, 0.1) is 10.6 Å². The molecule has 0 N–H and O–H groups in total. The zero-order valence-corrected chi connectivity index (χ0v) is 19.4. The van der Waals surface area contributed by atoms with E-state index in [0.717, 1.165) is 33.5 Å². The summed E-state index contributed by atoms with van der Waals surface area (Å²) in [6, 6.07) is 0.333. The molecular weight excluding hydrogens is 390 g/mol. The second-order valence-electron chi connectivity index (χ2n) is 8.13. The van der Waals surface area contributed by atoms with Crippen molar-refractivity contribution in [3.05, 3.63) is 20.8 Å². The second-order valence-corrected chi connectivity index (χ2v) is 10.6. The lowest BCUT2D eigenvalue weighted by molar-refractivity contribution is -0.131. The number of hydrogen-bond donors (Lipinski definition) is 0. The molecule has 1 aliphatic carbocycles. The van der Waals surface area contributed by atoms with Crippen LogP contribution in [0.4, 0.5) is 0 Å². The van der Waals surface area contributed by atoms with Crippen LogP contribution < -0.4 is 5.56 Å². The van der Waals surface area contributed by atoms with Gasteiger partial charge in [-0.25, -0.2) is 4.98 Å². The largest absolute Gasteiger partial charge is 0.342 e. The van der Waals surface area contributed by atoms with Crippen molar-refractivity contribution in [1.82, 2.24) is 14.5 Å². The molecule has 5 nitrogen and oxygen atoms in total. The average molecular weight is 422 g/mol. The molecule has 0 radical (unpaired) electrons. The Morgan fingerprint density at radius 1 is 1.21 bits per heavy atom. The lowest BCUT2D eigenvalue weighted by Gasteiger charge is -2.32. The Labute approximate surface area is 175 Å². The molecule has 1 aliphatic rings. The minimum atomic E-state index is -0.275. The minimum Gasteiger partial charge on any atom is -0.342 e. The lowest BCUT2D eigenvalue weighted by Crippen LogP contribution is -2.42. The smallest absolute Gasteiger partial charge is 0.263 e. The molecule has 1 amide bonds. The number of hydrogen-bond acceptors (Lipinski definition) is 5. The first-order valence-electron chi connectivity index (χ1n) is 10.2. The van der Waals surface area contributed by atoms with Gasteiger partial charge >= 0.3 is 0 Å². The van der Waals surface area contributed by atoms with Crippen LogP contribution in [0.2, 0.25) is 0 Å². The number of thioether (sulfide) groups is 1. The highest BCUT2D eigenvalue weighted by Crippen LogP contribution is 2.32. The Balaban J connectivity index is 1.91. The number of carbonyl (C=O) groups is 1. The second kappa shape index (κ2) is 8.57. The van der Waals surface area contributed by atoms with E-state index < -0.39 is 0 Å². The van der Waals surface area contributed by atoms with Gasteiger partial charge < -0.3 is 4.90 Å². The Bertz CT molecular complexity index is 926. The molecule has 1 unspecified atom stereocenters. The van der Waals surface area contributed by atoms with Crippen LogP contribution in [0, 0.1) is 13.8 Å². The SMILES string of the molecule is Cc1sc2nc(SC(C)C(=O)N(C)C3CCCCC3)n(C(C)C)c(=O)c2c1C. The van der Waals surface area contributed by atoms with Crippen LogP contribution in [-0.4, -0.2) is 38.7 Å². The van der Waals surface area contributed by atoms with E-state index in [-0.39, 0.29) is 22.8 Å². The fourth-order valence-corrected chi connectivity index (χ4v) is 6.18. The van der Waals surface area contributed by atoms with Crippen LogP contribution in [0.15, 0.2) is 9.95 Å². The van der Waals surface area contributed by atoms with Crippen molar-refractivity contribution in [2.24, 2.45) is 0 Å². The maximum Gasteiger partial charge on any atom is 0.263 e. The molecule has 0 bridgehead atoms. The quantitative estimate of drug-likeness (QED) is 0.507. The van der Waals surface area contributed by atoms with Crippen molar-refractivity contribution >= 4 is 39.2 Å². The summed E-state index contributed by atoms with van der Waals surface area (Å²) in [7, 11) is 1.92. The van der Waals surface area contributed by atoms with E-state index in [1.807, 2.05) is 46.6 Å². The predicted octanol–water partition coefficient (Wildman–Crippen LogP) is 4.93. The molecule has 2 heterocycles. The Morgan fingerprint density at radius 2 is 1.86 bits per heavy atom. The van der Waals surface area contributed by atoms with Gasteiger partial charge in [-0.3, -0.25) is 14.2 Å². The highest BCUT2D eigenvalue weighted by atomic mass is 32.2. The van der Waals surface area contributed by atoms with Crippen molar-refractivity contribution in [3.8, 4) is 0 Å². The highest BCUT2D eigenvalue weighted by molar-refractivity contribution is 8.00. The number of thiophene rings is 1. The molecule has 154 valence electrons. The van der Waals surface area contributed by atoms with Crippen LogP contribution in [0.3, 0.4) is 0 Å². The molecular formula is C21H31N3O2S2. The van der Waals surface area contributed by atoms with E-state index in [2.05, 4.69) is 0 Å². The number of aryl methyl sites for hydroxylation is 2. The van der Waals surface area contributed by atoms with Gasteiger partial charge in [-0.2, -0.15) is 0 Å². The monoisotopic (exact) mass is 421 g/mol. The van der Waals surface area contributed by atoms with E-state index in [9.17, 15) is 9.59 Å². The fraction of sp³-hybridized carbons (Fsp3) is 0.667. The van der Waals surface area contributed by atoms with E-state index in [0.29, 0.717) is 11.2 Å². The normalized spacial score (nSPS) is 16.7. The van der Waals surface area contributed by atoms with Crippen LogP contribution in [0.25, 0.3) is 10.2 Å². The van der Waals surface area contributed by atoms with Gasteiger partial charge in [0.1, 0.15) is 4.83 Å². The fourth-order valence-electron chi connectivity index (χ4n) is 3.97. The average Bonchev–Trinajstić information content (AvgIpc) is 2.94. The molecule has 0 aliphatic heterocycles. The van der Waals surface area contributed by atoms with Gasteiger partial charge in [0.2, 0.25) is 5.91 Å². The molecule has 3 rings (SSSR count). The Hall–Kier alpha value is -1.34. The summed E-state index contributed by atoms with van der Waals surface area (Å²) in [6.07, 6.45) is 5.85. The Kier molecular flexibility index (Phi) is 6.54. The zero-order valence-electron chi connectivity index (χ0n) is 17.7. The first-order chi connectivity index (χ1) is 13.2. The van der Waals surface area contributed by atoms with Crippen LogP contribution in [-0.2, 0) is 4.79 Å². The van der Waals surface area contributed by atoms with Crippen molar-refractivity contribution in [2.75, 3.05) is 7.05 Å². The summed E-state index contributed by atoms with van der Waals surface area (Å²) < 4.78 is 1.75. The molecule has 1 saturated carbocycles. The van der Waals surface area contributed by atoms with Crippen LogP contribution in [0.1, 0.15) is 69.4 Å². The first kappa shape index (κ1) is 21.4. The van der Waals surface area contributed by atoms with E-state index >= 15 is 0 Å². The topological polar surface area (TPSA) is 55.2 Å². The first-order valence-corrected chi connectivity index (χ1v) is 11.9. The third kappa shape index (κ3) is 4.01. The van der Waals surface area contributed by atoms with Crippen molar-refractivity contribution < 1.29 is 4.79 Å². The Morgan fingerprint density at radius 3 is 2.46 bits per heavy atom. The lowest BCUT2D eigenvalue weighted by atomic mass is 9.94. The third-order valence-electron chi connectivity index (χ3n) is 5.82. The summed E-state index contributed by atoms with van der Waals surface area (Å²) >= 11 is 2.97. The molecule has 7 heteroatoms. The number of aromatic nitrogens is 2. The van der Waals surface area contributed by atoms with E-state index in [1.54, 1.807) is 15.9 Å². The summed E-state index contributed by atoms with van der Waals surface area (Å²) in [6.45, 7) is 9.93. The third-order valence-corrected chi connectivity index (χ3v) is 7.97. The van der Waals surface area contributed by atoms with Gasteiger partial charge in [0.25, 0.3) is 5.56 Å². The van der Waals surface area contributed by atoms with Gasteiger partial charge in [-0.05, 0) is 53.0 Å². The summed E-state index contributed by atoms with van der Waals surface area (Å²) in [5.74, 6) is 0.125. The molecule has 1 fully saturated rings. The minimum absolute atomic E-state index is 0.00429. The van der Waals surface area contributed by atoms with Crippen molar-refractivity contribution in [1.29, 1.82) is 0 Å². The van der Waals surface area contributed by atoms with Gasteiger partial charge in [-0.1, -0.05) is 31.0 Å². The van der Waals surface area contributed by atoms with Crippen LogP contribution in [0.5, 0.6) is 0 Å². The summed E-state index contributed by atoms with van der Waals surface area (Å²) in [5.41, 5.74) is 1.02. The van der Waals surface area contributed by atoms with Crippen LogP contribution >= 0.6 is 23.1 Å². The number of nitrogens with zero attached hydrogens (tertiary/aromatic N) is 3. The molecule has 0 aromatic carbocycles. The number of rotatable bonds is 5. The maximum atomic E-state index is 13.2. The van der Waals surface area contributed by atoms with Gasteiger partial charge in [0, 0.05) is 24.0 Å². The van der Waals surface area contributed by atoms with E-state index in [1.165, 1.54) is 31.0 Å². The van der Waals surface area contributed by atoms with Crippen molar-refractivity contribution in [3.63, 3.8) is 0 Å². The van der Waals surface area contributed by atoms with Crippen molar-refractivity contribution in [2.45, 2.75) is 89.2 Å². The number of fused-ring (bicyclic) bond motifs is 1. The van der Waals surface area contributed by atoms with E-state index in [4.69, 9.17) is 4.98 Å². The molecule has 28 heavy (non-hydrogen) atoms. The molecule has 2 aromatic heterocycles. The summed E-state index contributed by atoms with van der Waals surface area (Å²) in [4.78, 5) is 34.8. The maximum absolute atomic E-state index is 13.2. The van der Waals surface area contributed by atoms with Gasteiger partial charge in [0.15, 0.2) is 5.16 Å². The molecule has 2 aromatic rings. The molecule has 0 spiro atoms. The predicted molar refractivity (Wildman–Crippen MR) is 119 cm³/mol. The number of carbonyl (C=O) groups excluding carboxylic acids is 1. The number of amides is 1. The van der Waals surface area contributed by atoms with Gasteiger partial charge in [-0.15, -0.1) is 11.3 Å². The highest BCUT2D eigenvalue weighted by Gasteiger charge is 2.28. The molecule has 0 saturated heterocycles. The molecule has 1 atom stereocenters. The summed E-state index contributed by atoms with van der Waals surface area (Å²) in [5, 5.41) is 1.09. The zero-order chi connectivity index (χ0) is 20.6. The standard InChI is InChI=1S/C21H31N3O2S2/c1-12(2)24-20(26)17-13(3)14(4)27-18(17)22-21(24)28-15(5)19(25)23(6)16-10-8-7-9-11-16/h12,15-16H,7-11H2,1-6H3.